The average molecular weight is 417 g/mol. The van der Waals surface area contributed by atoms with Crippen molar-refractivity contribution in [2.75, 3.05) is 5.32 Å². The number of carbonyl (C=O) groups is 1. The van der Waals surface area contributed by atoms with Crippen LogP contribution in [0.5, 0.6) is 5.75 Å². The molecular weight excluding hydrogens is 400 g/mol. The van der Waals surface area contributed by atoms with Crippen LogP contribution in [0, 0.1) is 10.1 Å². The zero-order valence-corrected chi connectivity index (χ0v) is 15.5. The third kappa shape index (κ3) is 5.53. The summed E-state index contributed by atoms with van der Waals surface area (Å²) in [6.45, 7) is -2.88. The second-order valence-electron chi connectivity index (χ2n) is 6.17. The number of halogens is 2. The molecule has 3 aromatic rings. The lowest BCUT2D eigenvalue weighted by molar-refractivity contribution is -0.384. The molecule has 0 aliphatic heterocycles. The first kappa shape index (κ1) is 20.8. The molecular formula is C20H17F2N3O5. The normalized spacial score (nSPS) is 10.6. The second-order valence-corrected chi connectivity index (χ2v) is 6.17. The van der Waals surface area contributed by atoms with E-state index in [0.29, 0.717) is 5.76 Å². The lowest BCUT2D eigenvalue weighted by atomic mass is 10.2. The van der Waals surface area contributed by atoms with Gasteiger partial charge in [-0.15, -0.1) is 0 Å². The van der Waals surface area contributed by atoms with E-state index in [-0.39, 0.29) is 30.2 Å². The van der Waals surface area contributed by atoms with Crippen molar-refractivity contribution in [3.05, 3.63) is 88.4 Å². The van der Waals surface area contributed by atoms with E-state index in [1.165, 1.54) is 11.2 Å². The molecule has 0 aliphatic carbocycles. The molecule has 0 bridgehead atoms. The van der Waals surface area contributed by atoms with Gasteiger partial charge in [-0.05, 0) is 23.8 Å². The number of nitro groups is 1. The molecule has 2 aromatic carbocycles. The Balaban J connectivity index is 1.86. The summed E-state index contributed by atoms with van der Waals surface area (Å²) in [4.78, 5) is 24.6. The Labute approximate surface area is 169 Å². The van der Waals surface area contributed by atoms with Crippen LogP contribution >= 0.6 is 0 Å². The number of rotatable bonds is 8. The summed E-state index contributed by atoms with van der Waals surface area (Å²) < 4.78 is 35.1. The van der Waals surface area contributed by atoms with E-state index in [9.17, 15) is 23.7 Å². The molecule has 0 saturated heterocycles. The number of hydrogen-bond donors (Lipinski definition) is 1. The number of non-ortho nitro benzene ring substituents is 1. The Hall–Kier alpha value is -3.95. The van der Waals surface area contributed by atoms with E-state index in [1.54, 1.807) is 12.1 Å². The van der Waals surface area contributed by atoms with Crippen molar-refractivity contribution >= 4 is 17.4 Å². The van der Waals surface area contributed by atoms with Gasteiger partial charge in [-0.3, -0.25) is 10.1 Å². The van der Waals surface area contributed by atoms with Gasteiger partial charge < -0.3 is 19.4 Å². The number of furan rings is 1. The first-order valence-electron chi connectivity index (χ1n) is 8.78. The highest BCUT2D eigenvalue weighted by Crippen LogP contribution is 2.31. The molecule has 1 N–H and O–H groups in total. The maximum atomic E-state index is 12.9. The predicted molar refractivity (Wildman–Crippen MR) is 103 cm³/mol. The van der Waals surface area contributed by atoms with Gasteiger partial charge in [-0.1, -0.05) is 30.3 Å². The maximum absolute atomic E-state index is 12.9. The first-order valence-corrected chi connectivity index (χ1v) is 8.78. The number of nitrogens with one attached hydrogen (secondary N) is 1. The largest absolute Gasteiger partial charge is 0.467 e. The van der Waals surface area contributed by atoms with E-state index in [2.05, 4.69) is 10.1 Å². The van der Waals surface area contributed by atoms with Crippen LogP contribution in [-0.4, -0.2) is 22.5 Å². The molecule has 10 heteroatoms. The van der Waals surface area contributed by atoms with E-state index >= 15 is 0 Å². The van der Waals surface area contributed by atoms with Crippen LogP contribution in [0.4, 0.5) is 25.0 Å². The summed E-state index contributed by atoms with van der Waals surface area (Å²) in [7, 11) is 0. The Morgan fingerprint density at radius 2 is 1.90 bits per heavy atom. The topological polar surface area (TPSA) is 97.8 Å². The summed E-state index contributed by atoms with van der Waals surface area (Å²) in [5.74, 6) is 0.116. The number of nitro benzene ring substituents is 1. The molecule has 1 heterocycles. The van der Waals surface area contributed by atoms with Crippen molar-refractivity contribution in [1.82, 2.24) is 4.90 Å². The number of hydrogen-bond acceptors (Lipinski definition) is 5. The summed E-state index contributed by atoms with van der Waals surface area (Å²) in [6, 6.07) is 14.8. The van der Waals surface area contributed by atoms with E-state index in [4.69, 9.17) is 4.42 Å². The number of urea groups is 1. The van der Waals surface area contributed by atoms with Gasteiger partial charge in [0.2, 0.25) is 0 Å². The lowest BCUT2D eigenvalue weighted by Gasteiger charge is -2.23. The minimum Gasteiger partial charge on any atom is -0.467 e. The Morgan fingerprint density at radius 1 is 1.13 bits per heavy atom. The molecule has 3 rings (SSSR count). The number of ether oxygens (including phenoxy) is 1. The molecule has 156 valence electrons. The van der Waals surface area contributed by atoms with Gasteiger partial charge in [-0.2, -0.15) is 8.78 Å². The number of nitrogens with zero attached hydrogens (tertiary/aromatic N) is 2. The third-order valence-corrected chi connectivity index (χ3v) is 4.06. The molecule has 0 saturated carbocycles. The molecule has 0 aliphatic rings. The number of amides is 2. The van der Waals surface area contributed by atoms with Gasteiger partial charge in [-0.25, -0.2) is 4.79 Å². The SMILES string of the molecule is O=C(Nc1cc([N+](=O)[O-])ccc1OC(F)F)N(Cc1ccccc1)Cc1ccco1. The number of carbonyl (C=O) groups excluding carboxylic acids is 1. The highest BCUT2D eigenvalue weighted by molar-refractivity contribution is 5.91. The lowest BCUT2D eigenvalue weighted by Crippen LogP contribution is -2.34. The monoisotopic (exact) mass is 417 g/mol. The van der Waals surface area contributed by atoms with Crippen LogP contribution in [0.25, 0.3) is 0 Å². The zero-order valence-electron chi connectivity index (χ0n) is 15.5. The quantitative estimate of drug-likeness (QED) is 0.410. The molecule has 30 heavy (non-hydrogen) atoms. The average Bonchev–Trinajstić information content (AvgIpc) is 3.22. The fraction of sp³-hybridized carbons (Fsp3) is 0.150. The fourth-order valence-corrected chi connectivity index (χ4v) is 2.72. The van der Waals surface area contributed by atoms with Gasteiger partial charge in [0.05, 0.1) is 23.4 Å². The molecule has 2 amide bonds. The molecule has 0 fully saturated rings. The summed E-state index contributed by atoms with van der Waals surface area (Å²) in [5, 5.41) is 13.5. The van der Waals surface area contributed by atoms with Gasteiger partial charge in [0.25, 0.3) is 5.69 Å². The van der Waals surface area contributed by atoms with Crippen LogP contribution in [-0.2, 0) is 13.1 Å². The van der Waals surface area contributed by atoms with Crippen molar-refractivity contribution in [3.63, 3.8) is 0 Å². The van der Waals surface area contributed by atoms with E-state index < -0.39 is 17.6 Å². The summed E-state index contributed by atoms with van der Waals surface area (Å²) >= 11 is 0. The van der Waals surface area contributed by atoms with Crippen molar-refractivity contribution < 1.29 is 27.7 Å². The number of benzene rings is 2. The summed E-state index contributed by atoms with van der Waals surface area (Å²) in [6.07, 6.45) is 1.46. The van der Waals surface area contributed by atoms with Crippen LogP contribution < -0.4 is 10.1 Å². The molecule has 0 spiro atoms. The third-order valence-electron chi connectivity index (χ3n) is 4.06. The van der Waals surface area contributed by atoms with Crippen LogP contribution in [0.15, 0.2) is 71.3 Å². The highest BCUT2D eigenvalue weighted by Gasteiger charge is 2.21. The van der Waals surface area contributed by atoms with Gasteiger partial charge >= 0.3 is 12.6 Å². The molecule has 0 unspecified atom stereocenters. The number of anilines is 1. The Kier molecular flexibility index (Phi) is 6.58. The standard InChI is InChI=1S/C20H17F2N3O5/c21-19(22)30-18-9-8-15(25(27)28)11-17(18)23-20(26)24(13-16-7-4-10-29-16)12-14-5-2-1-3-6-14/h1-11,19H,12-13H2,(H,23,26). The predicted octanol–water partition coefficient (Wildman–Crippen LogP) is 5.02. The highest BCUT2D eigenvalue weighted by atomic mass is 19.3. The maximum Gasteiger partial charge on any atom is 0.387 e. The molecule has 0 radical (unpaired) electrons. The van der Waals surface area contributed by atoms with Crippen LogP contribution in [0.1, 0.15) is 11.3 Å². The fourth-order valence-electron chi connectivity index (χ4n) is 2.72. The van der Waals surface area contributed by atoms with Crippen molar-refractivity contribution in [2.45, 2.75) is 19.7 Å². The minimum atomic E-state index is -3.16. The van der Waals surface area contributed by atoms with Crippen molar-refractivity contribution in [2.24, 2.45) is 0 Å². The van der Waals surface area contributed by atoms with Crippen molar-refractivity contribution in [3.8, 4) is 5.75 Å². The second kappa shape index (κ2) is 9.50. The van der Waals surface area contributed by atoms with Crippen LogP contribution in [0.3, 0.4) is 0 Å². The Morgan fingerprint density at radius 3 is 2.53 bits per heavy atom. The van der Waals surface area contributed by atoms with Gasteiger partial charge in [0, 0.05) is 18.7 Å². The van der Waals surface area contributed by atoms with Gasteiger partial charge in [0.1, 0.15) is 11.5 Å². The minimum absolute atomic E-state index is 0.0910. The zero-order chi connectivity index (χ0) is 21.5. The molecule has 8 nitrogen and oxygen atoms in total. The molecule has 1 aromatic heterocycles. The van der Waals surface area contributed by atoms with E-state index in [0.717, 1.165) is 23.8 Å². The number of alkyl halides is 2. The first-order chi connectivity index (χ1) is 14.4. The van der Waals surface area contributed by atoms with Crippen LogP contribution in [0.2, 0.25) is 0 Å². The smallest absolute Gasteiger partial charge is 0.387 e. The summed E-state index contributed by atoms with van der Waals surface area (Å²) in [5.41, 5.74) is 0.196. The van der Waals surface area contributed by atoms with Gasteiger partial charge in [0.15, 0.2) is 0 Å². The molecule has 0 atom stereocenters. The van der Waals surface area contributed by atoms with E-state index in [1.807, 2.05) is 30.3 Å². The van der Waals surface area contributed by atoms with Crippen molar-refractivity contribution in [1.29, 1.82) is 0 Å². The Bertz CT molecular complexity index is 997.